The summed E-state index contributed by atoms with van der Waals surface area (Å²) in [6.45, 7) is 4.02. The van der Waals surface area contributed by atoms with E-state index >= 15 is 0 Å². The van der Waals surface area contributed by atoms with Gasteiger partial charge in [-0.15, -0.1) is 0 Å². The van der Waals surface area contributed by atoms with E-state index in [1.807, 2.05) is 0 Å². The van der Waals surface area contributed by atoms with E-state index in [2.05, 4.69) is 6.58 Å². The van der Waals surface area contributed by atoms with Crippen molar-refractivity contribution in [1.82, 2.24) is 0 Å². The van der Waals surface area contributed by atoms with Crippen LogP contribution in [0, 0.1) is 0 Å². The van der Waals surface area contributed by atoms with Crippen LogP contribution in [-0.2, 0) is 10.1 Å². The van der Waals surface area contributed by atoms with E-state index in [1.165, 1.54) is 0 Å². The van der Waals surface area contributed by atoms with Crippen LogP contribution < -0.4 is 34.7 Å². The van der Waals surface area contributed by atoms with E-state index in [9.17, 15) is 13.5 Å². The Morgan fingerprint density at radius 3 is 1.85 bits per heavy atom. The van der Waals surface area contributed by atoms with Gasteiger partial charge in [-0.05, 0) is 6.42 Å². The fourth-order valence-corrected chi connectivity index (χ4v) is 0.774. The summed E-state index contributed by atoms with van der Waals surface area (Å²) in [5.41, 5.74) is 0. The molecular formula is C6H13NaO5S. The fourth-order valence-electron chi connectivity index (χ4n) is 0.258. The standard InChI is InChI=1S/C3H8O3S.C3H5O2.Na/c1-2-3-7(4,5)6;1-3(5)2-4;/h2-3H2,1H3,(H,4,5,6);5H,1-2H2;/q;-1;+1. The average molecular weight is 220 g/mol. The number of aliphatic hydroxyl groups is 1. The first-order valence-electron chi connectivity index (χ1n) is 3.23. The van der Waals surface area contributed by atoms with Crippen molar-refractivity contribution < 1.29 is 52.7 Å². The minimum absolute atomic E-state index is 0. The summed E-state index contributed by atoms with van der Waals surface area (Å²) in [4.78, 5) is 0. The Morgan fingerprint density at radius 1 is 1.54 bits per heavy atom. The van der Waals surface area contributed by atoms with Crippen LogP contribution in [0.2, 0.25) is 0 Å². The van der Waals surface area contributed by atoms with Gasteiger partial charge in [-0.2, -0.15) is 8.42 Å². The van der Waals surface area contributed by atoms with Gasteiger partial charge < -0.3 is 10.2 Å². The van der Waals surface area contributed by atoms with Crippen molar-refractivity contribution >= 4 is 10.1 Å². The maximum absolute atomic E-state index is 9.79. The second-order valence-corrected chi connectivity index (χ2v) is 3.57. The summed E-state index contributed by atoms with van der Waals surface area (Å²) in [5.74, 6) is -0.433. The van der Waals surface area contributed by atoms with Crippen LogP contribution in [0.3, 0.4) is 0 Å². The van der Waals surface area contributed by atoms with Gasteiger partial charge in [0.1, 0.15) is 0 Å². The topological polar surface area (TPSA) is 97.7 Å². The van der Waals surface area contributed by atoms with E-state index in [-0.39, 0.29) is 41.1 Å². The van der Waals surface area contributed by atoms with Crippen LogP contribution in [-0.4, -0.2) is 30.4 Å². The summed E-state index contributed by atoms with van der Waals surface area (Å²) in [6, 6.07) is 0. The number of rotatable bonds is 3. The zero-order valence-corrected chi connectivity index (χ0v) is 10.7. The van der Waals surface area contributed by atoms with E-state index in [1.54, 1.807) is 6.92 Å². The summed E-state index contributed by atoms with van der Waals surface area (Å²) in [7, 11) is -3.67. The van der Waals surface area contributed by atoms with Crippen LogP contribution in [0.4, 0.5) is 0 Å². The van der Waals surface area contributed by atoms with E-state index in [4.69, 9.17) is 9.66 Å². The number of hydrogen-bond acceptors (Lipinski definition) is 4. The van der Waals surface area contributed by atoms with Gasteiger partial charge in [-0.25, -0.2) is 0 Å². The molecule has 7 heteroatoms. The van der Waals surface area contributed by atoms with Crippen molar-refractivity contribution in [2.24, 2.45) is 0 Å². The van der Waals surface area contributed by atoms with Crippen LogP contribution in [0.5, 0.6) is 0 Å². The Labute approximate surface area is 101 Å². The molecule has 0 aliphatic heterocycles. The molecule has 0 saturated heterocycles. The molecule has 0 aromatic carbocycles. The third-order valence-electron chi connectivity index (χ3n) is 0.629. The van der Waals surface area contributed by atoms with Crippen LogP contribution >= 0.6 is 0 Å². The van der Waals surface area contributed by atoms with Crippen molar-refractivity contribution in [2.75, 3.05) is 12.4 Å². The maximum atomic E-state index is 9.79. The Kier molecular flexibility index (Phi) is 15.4. The SMILES string of the molecule is C=C(O)C[O-].CCCS(=O)(=O)O.[Na+]. The monoisotopic (exact) mass is 220 g/mol. The predicted octanol–water partition coefficient (Wildman–Crippen LogP) is -3.29. The van der Waals surface area contributed by atoms with Crippen molar-refractivity contribution in [3.8, 4) is 0 Å². The fraction of sp³-hybridized carbons (Fsp3) is 0.667. The normalized spacial score (nSPS) is 9.15. The zero-order valence-electron chi connectivity index (χ0n) is 7.86. The molecule has 5 nitrogen and oxygen atoms in total. The van der Waals surface area contributed by atoms with Crippen LogP contribution in [0.15, 0.2) is 12.3 Å². The Bertz CT molecular complexity index is 211. The minimum Gasteiger partial charge on any atom is -0.849 e. The molecule has 0 atom stereocenters. The first-order chi connectivity index (χ1) is 5.33. The Morgan fingerprint density at radius 2 is 1.85 bits per heavy atom. The molecule has 0 unspecified atom stereocenters. The van der Waals surface area contributed by atoms with Gasteiger partial charge in [0.15, 0.2) is 0 Å². The second kappa shape index (κ2) is 10.5. The third kappa shape index (κ3) is 32.7. The molecule has 0 fully saturated rings. The van der Waals surface area contributed by atoms with Gasteiger partial charge >= 0.3 is 29.6 Å². The summed E-state index contributed by atoms with van der Waals surface area (Å²) in [6.07, 6.45) is 0.471. The molecule has 0 radical (unpaired) electrons. The molecule has 74 valence electrons. The Hall–Kier alpha value is 0.410. The van der Waals surface area contributed by atoms with Crippen molar-refractivity contribution in [1.29, 1.82) is 0 Å². The molecule has 0 spiro atoms. The van der Waals surface area contributed by atoms with E-state index < -0.39 is 16.7 Å². The molecule has 0 saturated carbocycles. The average Bonchev–Trinajstić information content (AvgIpc) is 1.86. The van der Waals surface area contributed by atoms with Gasteiger partial charge in [0.25, 0.3) is 10.1 Å². The number of aliphatic hydroxyl groups excluding tert-OH is 1. The molecule has 0 bridgehead atoms. The molecule has 0 aromatic heterocycles. The third-order valence-corrected chi connectivity index (χ3v) is 1.55. The van der Waals surface area contributed by atoms with Gasteiger partial charge in [-0.3, -0.25) is 4.55 Å². The molecule has 2 N–H and O–H groups in total. The first kappa shape index (κ1) is 19.1. The van der Waals surface area contributed by atoms with Crippen LogP contribution in [0.25, 0.3) is 0 Å². The van der Waals surface area contributed by atoms with Crippen molar-refractivity contribution in [2.45, 2.75) is 13.3 Å². The van der Waals surface area contributed by atoms with Crippen LogP contribution in [0.1, 0.15) is 13.3 Å². The van der Waals surface area contributed by atoms with Gasteiger partial charge in [0, 0.05) is 0 Å². The Balaban J connectivity index is -0.000000150. The largest absolute Gasteiger partial charge is 1.00 e. The molecule has 13 heavy (non-hydrogen) atoms. The molecule has 0 aromatic rings. The van der Waals surface area contributed by atoms with Crippen molar-refractivity contribution in [3.63, 3.8) is 0 Å². The van der Waals surface area contributed by atoms with Gasteiger partial charge in [0.05, 0.1) is 11.5 Å². The summed E-state index contributed by atoms with van der Waals surface area (Å²) >= 11 is 0. The minimum atomic E-state index is -3.67. The summed E-state index contributed by atoms with van der Waals surface area (Å²) < 4.78 is 27.6. The van der Waals surface area contributed by atoms with E-state index in [0.717, 1.165) is 0 Å². The van der Waals surface area contributed by atoms with Gasteiger partial charge in [-0.1, -0.05) is 20.1 Å². The van der Waals surface area contributed by atoms with E-state index in [0.29, 0.717) is 6.42 Å². The predicted molar refractivity (Wildman–Crippen MR) is 43.3 cm³/mol. The van der Waals surface area contributed by atoms with Gasteiger partial charge in [0.2, 0.25) is 0 Å². The van der Waals surface area contributed by atoms with Crippen molar-refractivity contribution in [3.05, 3.63) is 12.3 Å². The molecule has 0 rings (SSSR count). The second-order valence-electron chi connectivity index (χ2n) is 2.00. The molecule has 0 aliphatic rings. The number of hydrogen-bond donors (Lipinski definition) is 2. The quantitative estimate of drug-likeness (QED) is 0.295. The molecule has 0 heterocycles. The summed E-state index contributed by atoms with van der Waals surface area (Å²) in [5, 5.41) is 17.1. The molecule has 0 amide bonds. The maximum Gasteiger partial charge on any atom is 1.00 e. The molecule has 0 aliphatic carbocycles. The zero-order chi connectivity index (χ0) is 10.2. The first-order valence-corrected chi connectivity index (χ1v) is 4.84. The smallest absolute Gasteiger partial charge is 0.849 e. The molecular weight excluding hydrogens is 207 g/mol.